The second-order valence-electron chi connectivity index (χ2n) is 8.93. The minimum absolute atomic E-state index is 0.0833. The molecule has 2 atom stereocenters. The lowest BCUT2D eigenvalue weighted by atomic mass is 9.91. The molecule has 1 aliphatic rings. The van der Waals surface area contributed by atoms with Crippen LogP contribution in [0.4, 0.5) is 36.8 Å². The van der Waals surface area contributed by atoms with Gasteiger partial charge in [0.05, 0.1) is 36.1 Å². The van der Waals surface area contributed by atoms with Crippen LogP contribution in [-0.4, -0.2) is 25.4 Å². The number of alkyl halides is 6. The number of nitrogens with zero attached hydrogens (tertiary/aromatic N) is 1. The van der Waals surface area contributed by atoms with Crippen molar-refractivity contribution < 1.29 is 35.9 Å². The third-order valence-corrected chi connectivity index (χ3v) is 7.17. The molecule has 2 amide bonds. The first-order valence-corrected chi connectivity index (χ1v) is 12.8. The second-order valence-corrected chi connectivity index (χ2v) is 9.78. The zero-order chi connectivity index (χ0) is 27.7. The molecule has 0 aromatic heterocycles. The van der Waals surface area contributed by atoms with E-state index in [1.807, 2.05) is 18.4 Å². The number of carbonyl (C=O) groups excluding carboxylic acids is 1. The summed E-state index contributed by atoms with van der Waals surface area (Å²) < 4.78 is 86.1. The molecule has 1 saturated heterocycles. The van der Waals surface area contributed by atoms with E-state index >= 15 is 0 Å². The van der Waals surface area contributed by atoms with Crippen LogP contribution in [0.2, 0.25) is 0 Å². The number of anilines is 1. The van der Waals surface area contributed by atoms with Crippen molar-refractivity contribution in [1.82, 2.24) is 5.32 Å². The van der Waals surface area contributed by atoms with Crippen LogP contribution in [0.5, 0.6) is 0 Å². The number of hydrogen-bond acceptors (Lipinski definition) is 3. The van der Waals surface area contributed by atoms with Gasteiger partial charge < -0.3 is 10.1 Å². The Hall–Kier alpha value is -3.18. The lowest BCUT2D eigenvalue weighted by Gasteiger charge is -2.31. The van der Waals surface area contributed by atoms with Crippen LogP contribution < -0.4 is 10.2 Å². The normalized spacial score (nSPS) is 18.9. The molecule has 0 saturated carbocycles. The summed E-state index contributed by atoms with van der Waals surface area (Å²) in [5.41, 5.74) is -2.84. The fourth-order valence-electron chi connectivity index (χ4n) is 4.36. The molecule has 0 unspecified atom stereocenters. The molecule has 1 aliphatic heterocycles. The Bertz CT molecular complexity index is 1270. The number of halogens is 6. The Labute approximate surface area is 220 Å². The maximum Gasteiger partial charge on any atom is 0.416 e. The molecule has 1 N–H and O–H groups in total. The van der Waals surface area contributed by atoms with Gasteiger partial charge in [0.2, 0.25) is 0 Å². The first kappa shape index (κ1) is 27.8. The number of urea groups is 1. The monoisotopic (exact) mass is 554 g/mol. The quantitative estimate of drug-likeness (QED) is 0.241. The molecular weight excluding hydrogens is 530 g/mol. The van der Waals surface area contributed by atoms with Crippen LogP contribution in [0.15, 0.2) is 77.7 Å². The highest BCUT2D eigenvalue weighted by molar-refractivity contribution is 7.98. The smallest absolute Gasteiger partial charge is 0.371 e. The number of rotatable bonds is 7. The summed E-state index contributed by atoms with van der Waals surface area (Å²) in [5, 5.41) is 2.95. The predicted octanol–water partition coefficient (Wildman–Crippen LogP) is 7.65. The molecule has 0 radical (unpaired) electrons. The summed E-state index contributed by atoms with van der Waals surface area (Å²) in [5.74, 6) is 0. The van der Waals surface area contributed by atoms with E-state index < -0.39 is 41.2 Å². The molecule has 11 heteroatoms. The third kappa shape index (κ3) is 5.78. The van der Waals surface area contributed by atoms with Crippen molar-refractivity contribution in [3.8, 4) is 0 Å². The molecule has 202 valence electrons. The number of benzene rings is 3. The summed E-state index contributed by atoms with van der Waals surface area (Å²) in [7, 11) is 0. The van der Waals surface area contributed by atoms with Gasteiger partial charge in [0.1, 0.15) is 5.54 Å². The lowest BCUT2D eigenvalue weighted by Crippen LogP contribution is -2.45. The molecule has 1 fully saturated rings. The summed E-state index contributed by atoms with van der Waals surface area (Å²) in [6.45, 7) is 1.32. The van der Waals surface area contributed by atoms with Crippen molar-refractivity contribution in [3.63, 3.8) is 0 Å². The van der Waals surface area contributed by atoms with Gasteiger partial charge >= 0.3 is 18.4 Å². The van der Waals surface area contributed by atoms with Crippen molar-refractivity contribution in [3.05, 3.63) is 95.1 Å². The molecule has 1 heterocycles. The first-order valence-electron chi connectivity index (χ1n) is 11.5. The SMILES string of the molecule is CSc1ccccc1N1C[C@@](CO[C@H](C)c2cc(C(F)(F)F)cc(C(F)(F)F)c2)(c2ccccc2)NC1=O. The maximum absolute atomic E-state index is 13.4. The highest BCUT2D eigenvalue weighted by Crippen LogP contribution is 2.39. The van der Waals surface area contributed by atoms with Crippen LogP contribution in [0.1, 0.15) is 35.3 Å². The van der Waals surface area contributed by atoms with E-state index in [1.54, 1.807) is 47.4 Å². The molecule has 0 aliphatic carbocycles. The number of thioether (sulfide) groups is 1. The summed E-state index contributed by atoms with van der Waals surface area (Å²) in [6, 6.07) is 17.2. The van der Waals surface area contributed by atoms with E-state index in [0.717, 1.165) is 4.90 Å². The van der Waals surface area contributed by atoms with Crippen LogP contribution in [0.3, 0.4) is 0 Å². The first-order chi connectivity index (χ1) is 17.8. The van der Waals surface area contributed by atoms with Gasteiger partial charge in [0.25, 0.3) is 0 Å². The lowest BCUT2D eigenvalue weighted by molar-refractivity contribution is -0.143. The van der Waals surface area contributed by atoms with Crippen molar-refractivity contribution in [2.45, 2.75) is 35.8 Å². The molecule has 38 heavy (non-hydrogen) atoms. The number of amides is 2. The molecular formula is C27H24F6N2O2S. The Morgan fingerprint density at radius 3 is 2.11 bits per heavy atom. The van der Waals surface area contributed by atoms with Gasteiger partial charge in [-0.3, -0.25) is 4.90 Å². The van der Waals surface area contributed by atoms with Gasteiger partial charge in [-0.2, -0.15) is 26.3 Å². The van der Waals surface area contributed by atoms with Gasteiger partial charge in [-0.25, -0.2) is 4.79 Å². The number of ether oxygens (including phenoxy) is 1. The Balaban J connectivity index is 1.66. The molecule has 4 nitrogen and oxygen atoms in total. The summed E-state index contributed by atoms with van der Waals surface area (Å²) >= 11 is 1.47. The van der Waals surface area contributed by atoms with E-state index in [4.69, 9.17) is 4.74 Å². The third-order valence-electron chi connectivity index (χ3n) is 6.38. The van der Waals surface area contributed by atoms with Crippen LogP contribution >= 0.6 is 11.8 Å². The minimum Gasteiger partial charge on any atom is -0.371 e. The molecule has 0 spiro atoms. The average Bonchev–Trinajstić information content (AvgIpc) is 3.23. The maximum atomic E-state index is 13.4. The molecule has 4 rings (SSSR count). The molecule has 3 aromatic carbocycles. The second kappa shape index (κ2) is 10.5. The van der Waals surface area contributed by atoms with Gasteiger partial charge in [-0.15, -0.1) is 11.8 Å². The van der Waals surface area contributed by atoms with E-state index in [9.17, 15) is 31.1 Å². The number of carbonyl (C=O) groups is 1. The minimum atomic E-state index is -4.97. The van der Waals surface area contributed by atoms with E-state index in [0.29, 0.717) is 23.4 Å². The van der Waals surface area contributed by atoms with E-state index in [-0.39, 0.29) is 24.8 Å². The number of para-hydroxylation sites is 1. The van der Waals surface area contributed by atoms with Crippen molar-refractivity contribution in [2.75, 3.05) is 24.3 Å². The Morgan fingerprint density at radius 1 is 0.947 bits per heavy atom. The highest BCUT2D eigenvalue weighted by atomic mass is 32.2. The number of nitrogens with one attached hydrogen (secondary N) is 1. The van der Waals surface area contributed by atoms with Crippen LogP contribution in [0.25, 0.3) is 0 Å². The fourth-order valence-corrected chi connectivity index (χ4v) is 4.97. The standard InChI is InChI=1S/C27H24F6N2O2S/c1-17(18-12-20(26(28,29)30)14-21(13-18)27(31,32)33)37-16-25(19-8-4-3-5-9-19)15-35(24(36)34-25)22-10-6-7-11-23(22)38-2/h3-14,17H,15-16H2,1-2H3,(H,34,36)/t17-,25-/m1/s1. The van der Waals surface area contributed by atoms with Gasteiger partial charge in [-0.1, -0.05) is 42.5 Å². The zero-order valence-electron chi connectivity index (χ0n) is 20.4. The van der Waals surface area contributed by atoms with Gasteiger partial charge in [0.15, 0.2) is 0 Å². The van der Waals surface area contributed by atoms with Crippen molar-refractivity contribution in [2.24, 2.45) is 0 Å². The van der Waals surface area contributed by atoms with E-state index in [2.05, 4.69) is 5.32 Å². The molecule has 0 bridgehead atoms. The van der Waals surface area contributed by atoms with E-state index in [1.165, 1.54) is 18.7 Å². The zero-order valence-corrected chi connectivity index (χ0v) is 21.2. The summed E-state index contributed by atoms with van der Waals surface area (Å²) in [6.07, 6.45) is -9.19. The summed E-state index contributed by atoms with van der Waals surface area (Å²) in [4.78, 5) is 15.6. The van der Waals surface area contributed by atoms with Crippen molar-refractivity contribution >= 4 is 23.5 Å². The van der Waals surface area contributed by atoms with Gasteiger partial charge in [0, 0.05) is 4.90 Å². The fraction of sp³-hybridized carbons (Fsp3) is 0.296. The van der Waals surface area contributed by atoms with Crippen LogP contribution in [0, 0.1) is 0 Å². The number of hydrogen-bond donors (Lipinski definition) is 1. The van der Waals surface area contributed by atoms with Crippen molar-refractivity contribution in [1.29, 1.82) is 0 Å². The largest absolute Gasteiger partial charge is 0.416 e. The highest BCUT2D eigenvalue weighted by Gasteiger charge is 2.46. The van der Waals surface area contributed by atoms with Gasteiger partial charge in [-0.05, 0) is 54.6 Å². The molecule has 3 aromatic rings. The topological polar surface area (TPSA) is 41.6 Å². The predicted molar refractivity (Wildman–Crippen MR) is 133 cm³/mol. The Morgan fingerprint density at radius 2 is 1.53 bits per heavy atom. The average molecular weight is 555 g/mol. The van der Waals surface area contributed by atoms with Crippen LogP contribution in [-0.2, 0) is 22.6 Å². The Kier molecular flexibility index (Phi) is 7.72.